The van der Waals surface area contributed by atoms with Gasteiger partial charge in [0.1, 0.15) is 6.04 Å². The number of hydrogen-bond donors (Lipinski definition) is 4. The zero-order chi connectivity index (χ0) is 13.5. The second-order valence-corrected chi connectivity index (χ2v) is 4.25. The fourth-order valence-corrected chi connectivity index (χ4v) is 1.62. The van der Waals surface area contributed by atoms with Gasteiger partial charge in [-0.15, -0.1) is 11.3 Å². The zero-order valence-corrected chi connectivity index (χ0v) is 9.94. The molecule has 98 valence electrons. The number of carboxylic acids is 2. The molecule has 0 fully saturated rings. The maximum atomic E-state index is 11.3. The van der Waals surface area contributed by atoms with Crippen LogP contribution in [0.1, 0.15) is 11.3 Å². The summed E-state index contributed by atoms with van der Waals surface area (Å²) < 4.78 is 0. The van der Waals surface area contributed by atoms with E-state index in [-0.39, 0.29) is 6.54 Å². The first-order valence-electron chi connectivity index (χ1n) is 4.85. The van der Waals surface area contributed by atoms with Crippen molar-refractivity contribution in [3.63, 3.8) is 0 Å². The van der Waals surface area contributed by atoms with E-state index in [1.165, 1.54) is 11.3 Å². The largest absolute Gasteiger partial charge is 0.481 e. The summed E-state index contributed by atoms with van der Waals surface area (Å²) in [6.45, 7) is 0.204. The highest BCUT2D eigenvalue weighted by molar-refractivity contribution is 7.09. The molecule has 2 amide bonds. The third kappa shape index (κ3) is 4.78. The lowest BCUT2D eigenvalue weighted by atomic mass is 10.2. The monoisotopic (exact) mass is 273 g/mol. The van der Waals surface area contributed by atoms with Crippen molar-refractivity contribution >= 4 is 29.3 Å². The Morgan fingerprint density at radius 2 is 2.11 bits per heavy atom. The summed E-state index contributed by atoms with van der Waals surface area (Å²) in [5.41, 5.74) is 1.60. The topological polar surface area (TPSA) is 129 Å². The minimum atomic E-state index is -1.45. The number of aliphatic carboxylic acids is 2. The van der Waals surface area contributed by atoms with Crippen molar-refractivity contribution in [1.82, 2.24) is 15.6 Å². The molecule has 1 atom stereocenters. The molecule has 1 heterocycles. The fourth-order valence-electron chi connectivity index (χ4n) is 1.08. The maximum absolute atomic E-state index is 11.3. The molecule has 0 bridgehead atoms. The van der Waals surface area contributed by atoms with E-state index in [9.17, 15) is 14.4 Å². The zero-order valence-electron chi connectivity index (χ0n) is 9.12. The van der Waals surface area contributed by atoms with Crippen molar-refractivity contribution in [1.29, 1.82) is 0 Å². The smallest absolute Gasteiger partial charge is 0.326 e. The maximum Gasteiger partial charge on any atom is 0.326 e. The number of thiazole rings is 1. The lowest BCUT2D eigenvalue weighted by molar-refractivity contribution is -0.145. The number of nitrogens with one attached hydrogen (secondary N) is 2. The highest BCUT2D eigenvalue weighted by atomic mass is 32.1. The number of carbonyl (C=O) groups is 3. The molecule has 0 saturated carbocycles. The van der Waals surface area contributed by atoms with Gasteiger partial charge in [-0.25, -0.2) is 9.59 Å². The first-order chi connectivity index (χ1) is 8.49. The highest BCUT2D eigenvalue weighted by Crippen LogP contribution is 2.03. The molecule has 1 aromatic rings. The van der Waals surface area contributed by atoms with Gasteiger partial charge < -0.3 is 20.8 Å². The summed E-state index contributed by atoms with van der Waals surface area (Å²) >= 11 is 1.34. The molecule has 8 nitrogen and oxygen atoms in total. The number of nitrogens with zero attached hydrogens (tertiary/aromatic N) is 1. The molecule has 0 aromatic carbocycles. The van der Waals surface area contributed by atoms with Gasteiger partial charge in [-0.05, 0) is 0 Å². The van der Waals surface area contributed by atoms with Crippen molar-refractivity contribution in [2.45, 2.75) is 19.0 Å². The van der Waals surface area contributed by atoms with E-state index in [1.807, 2.05) is 0 Å². The lowest BCUT2D eigenvalue weighted by Crippen LogP contribution is -2.46. The minimum absolute atomic E-state index is 0.204. The quantitative estimate of drug-likeness (QED) is 0.571. The van der Waals surface area contributed by atoms with Crippen LogP contribution in [0.25, 0.3) is 0 Å². The van der Waals surface area contributed by atoms with Gasteiger partial charge in [0.05, 0.1) is 18.5 Å². The Kier molecular flexibility index (Phi) is 5.06. The van der Waals surface area contributed by atoms with Crippen molar-refractivity contribution in [3.8, 4) is 0 Å². The second-order valence-electron chi connectivity index (χ2n) is 3.28. The fraction of sp³-hybridized carbons (Fsp3) is 0.333. The van der Waals surface area contributed by atoms with Gasteiger partial charge in [-0.2, -0.15) is 0 Å². The van der Waals surface area contributed by atoms with Crippen molar-refractivity contribution in [3.05, 3.63) is 16.6 Å². The number of hydrogen-bond acceptors (Lipinski definition) is 5. The number of aromatic nitrogens is 1. The Balaban J connectivity index is 2.41. The Morgan fingerprint density at radius 3 is 2.61 bits per heavy atom. The molecule has 0 radical (unpaired) electrons. The lowest BCUT2D eigenvalue weighted by Gasteiger charge is -2.12. The summed E-state index contributed by atoms with van der Waals surface area (Å²) in [7, 11) is 0. The normalized spacial score (nSPS) is 11.6. The molecule has 0 spiro atoms. The van der Waals surface area contributed by atoms with Gasteiger partial charge in [-0.1, -0.05) is 0 Å². The van der Waals surface area contributed by atoms with Crippen molar-refractivity contribution in [2.75, 3.05) is 0 Å². The Hall–Kier alpha value is -2.16. The molecular formula is C9H11N3O5S. The van der Waals surface area contributed by atoms with E-state index in [4.69, 9.17) is 10.2 Å². The van der Waals surface area contributed by atoms with Crippen LogP contribution in [0.5, 0.6) is 0 Å². The molecular weight excluding hydrogens is 262 g/mol. The molecule has 9 heteroatoms. The predicted molar refractivity (Wildman–Crippen MR) is 61.2 cm³/mol. The SMILES string of the molecule is O=C(O)C[C@@H](NC(=O)NCc1cncs1)C(=O)O. The van der Waals surface area contributed by atoms with Crippen LogP contribution in [0, 0.1) is 0 Å². The first-order valence-corrected chi connectivity index (χ1v) is 5.73. The standard InChI is InChI=1S/C9H11N3O5S/c13-7(14)1-6(8(15)16)12-9(17)11-3-5-2-10-4-18-5/h2,4,6H,1,3H2,(H,13,14)(H,15,16)(H2,11,12,17)/t6-/m1/s1. The predicted octanol–water partition coefficient (Wildman–Crippen LogP) is -0.130. The average Bonchev–Trinajstić information content (AvgIpc) is 2.77. The van der Waals surface area contributed by atoms with E-state index < -0.39 is 30.4 Å². The van der Waals surface area contributed by atoms with E-state index in [1.54, 1.807) is 11.7 Å². The summed E-state index contributed by atoms with van der Waals surface area (Å²) in [6.07, 6.45) is 0.889. The summed E-state index contributed by atoms with van der Waals surface area (Å²) in [4.78, 5) is 37.0. The Morgan fingerprint density at radius 1 is 1.39 bits per heavy atom. The summed E-state index contributed by atoms with van der Waals surface area (Å²) in [5, 5.41) is 21.7. The molecule has 0 aliphatic rings. The number of urea groups is 1. The van der Waals surface area contributed by atoms with Gasteiger partial charge in [0.2, 0.25) is 0 Å². The molecule has 0 saturated heterocycles. The van der Waals surface area contributed by atoms with E-state index in [0.717, 1.165) is 4.88 Å². The van der Waals surface area contributed by atoms with Gasteiger partial charge in [0.15, 0.2) is 0 Å². The summed E-state index contributed by atoms with van der Waals surface area (Å²) in [6, 6.07) is -2.19. The molecule has 18 heavy (non-hydrogen) atoms. The molecule has 0 aliphatic carbocycles. The van der Waals surface area contributed by atoms with Gasteiger partial charge in [0.25, 0.3) is 0 Å². The van der Waals surface area contributed by atoms with E-state index in [0.29, 0.717) is 0 Å². The third-order valence-corrected chi connectivity index (χ3v) is 2.67. The number of carbonyl (C=O) groups excluding carboxylic acids is 1. The molecule has 0 aliphatic heterocycles. The molecule has 0 unspecified atom stereocenters. The van der Waals surface area contributed by atoms with Crippen LogP contribution in [0.2, 0.25) is 0 Å². The third-order valence-electron chi connectivity index (χ3n) is 1.89. The van der Waals surface area contributed by atoms with E-state index >= 15 is 0 Å². The van der Waals surface area contributed by atoms with Crippen LogP contribution >= 0.6 is 11.3 Å². The average molecular weight is 273 g/mol. The van der Waals surface area contributed by atoms with Crippen LogP contribution in [-0.4, -0.2) is 39.2 Å². The van der Waals surface area contributed by atoms with Crippen molar-refractivity contribution in [2.24, 2.45) is 0 Å². The van der Waals surface area contributed by atoms with Crippen LogP contribution in [0.15, 0.2) is 11.7 Å². The molecule has 4 N–H and O–H groups in total. The number of carboxylic acid groups (broad SMARTS) is 2. The minimum Gasteiger partial charge on any atom is -0.481 e. The second kappa shape index (κ2) is 6.55. The van der Waals surface area contributed by atoms with Crippen LogP contribution in [0.3, 0.4) is 0 Å². The Bertz CT molecular complexity index is 433. The van der Waals surface area contributed by atoms with Crippen LogP contribution < -0.4 is 10.6 Å². The Labute approximate surface area is 106 Å². The van der Waals surface area contributed by atoms with Gasteiger partial charge in [-0.3, -0.25) is 9.78 Å². The molecule has 1 aromatic heterocycles. The summed E-state index contributed by atoms with van der Waals surface area (Å²) in [5.74, 6) is -2.70. The van der Waals surface area contributed by atoms with Gasteiger partial charge in [0, 0.05) is 11.1 Å². The first kappa shape index (κ1) is 13.9. The number of rotatable bonds is 6. The number of amides is 2. The van der Waals surface area contributed by atoms with E-state index in [2.05, 4.69) is 15.6 Å². The van der Waals surface area contributed by atoms with Crippen LogP contribution in [0.4, 0.5) is 4.79 Å². The van der Waals surface area contributed by atoms with Crippen molar-refractivity contribution < 1.29 is 24.6 Å². The van der Waals surface area contributed by atoms with Gasteiger partial charge >= 0.3 is 18.0 Å². The molecule has 1 rings (SSSR count). The highest BCUT2D eigenvalue weighted by Gasteiger charge is 2.22. The van der Waals surface area contributed by atoms with Crippen LogP contribution in [-0.2, 0) is 16.1 Å².